The van der Waals surface area contributed by atoms with Gasteiger partial charge in [0.2, 0.25) is 5.91 Å². The molecule has 9 nitrogen and oxygen atoms in total. The Kier molecular flexibility index (Phi) is 5.43. The molecule has 0 unspecified atom stereocenters. The van der Waals surface area contributed by atoms with Gasteiger partial charge in [0.1, 0.15) is 5.75 Å². The van der Waals surface area contributed by atoms with E-state index in [2.05, 4.69) is 0 Å². The van der Waals surface area contributed by atoms with Crippen molar-refractivity contribution in [2.75, 3.05) is 19.2 Å². The van der Waals surface area contributed by atoms with Crippen LogP contribution >= 0.6 is 11.8 Å². The van der Waals surface area contributed by atoms with E-state index in [1.807, 2.05) is 0 Å². The van der Waals surface area contributed by atoms with E-state index in [4.69, 9.17) is 14.2 Å². The molecule has 3 rings (SSSR count). The molecule has 0 spiro atoms. The Morgan fingerprint density at radius 1 is 1.50 bits per heavy atom. The molecule has 0 aromatic heterocycles. The van der Waals surface area contributed by atoms with E-state index < -0.39 is 10.9 Å². The number of nitrogens with zero attached hydrogens (tertiary/aromatic N) is 2. The highest BCUT2D eigenvalue weighted by molar-refractivity contribution is 8.04. The number of carbonyl (C=O) groups excluding carboxylic acids is 2. The molecule has 1 aromatic rings. The number of hydrogen-bond acceptors (Lipinski definition) is 8. The van der Waals surface area contributed by atoms with Gasteiger partial charge in [-0.25, -0.2) is 4.79 Å². The van der Waals surface area contributed by atoms with E-state index in [-0.39, 0.29) is 43.9 Å². The van der Waals surface area contributed by atoms with Gasteiger partial charge in [0.05, 0.1) is 41.5 Å². The fraction of sp³-hybridized carbons (Fsp3) is 0.375. The molecule has 0 atom stereocenters. The Labute approximate surface area is 153 Å². The molecule has 1 fully saturated rings. The Bertz CT molecular complexity index is 793. The summed E-state index contributed by atoms with van der Waals surface area (Å²) < 4.78 is 15.5. The predicted molar refractivity (Wildman–Crippen MR) is 91.1 cm³/mol. The molecule has 0 aliphatic carbocycles. The first-order valence-electron chi connectivity index (χ1n) is 7.82. The van der Waals surface area contributed by atoms with Crippen molar-refractivity contribution in [2.45, 2.75) is 20.1 Å². The van der Waals surface area contributed by atoms with Gasteiger partial charge in [-0.2, -0.15) is 0 Å². The number of rotatable bonds is 5. The average Bonchev–Trinajstić information content (AvgIpc) is 2.95. The minimum absolute atomic E-state index is 0.0338. The van der Waals surface area contributed by atoms with Gasteiger partial charge in [0.25, 0.3) is 5.69 Å². The van der Waals surface area contributed by atoms with Gasteiger partial charge in [0.15, 0.2) is 6.79 Å². The van der Waals surface area contributed by atoms with Crippen molar-refractivity contribution in [1.29, 1.82) is 0 Å². The normalized spacial score (nSPS) is 17.8. The first kappa shape index (κ1) is 18.2. The van der Waals surface area contributed by atoms with Crippen molar-refractivity contribution in [3.63, 3.8) is 0 Å². The number of benzene rings is 1. The van der Waals surface area contributed by atoms with E-state index in [0.29, 0.717) is 21.9 Å². The molecule has 26 heavy (non-hydrogen) atoms. The molecule has 1 saturated heterocycles. The molecular weight excluding hydrogens is 364 g/mol. The molecule has 0 N–H and O–H groups in total. The number of nitro benzene ring substituents is 1. The second-order valence-electron chi connectivity index (χ2n) is 5.46. The Hall–Kier alpha value is -2.59. The number of hydrogen-bond donors (Lipinski definition) is 0. The summed E-state index contributed by atoms with van der Waals surface area (Å²) in [7, 11) is 0. The average molecular weight is 380 g/mol. The zero-order chi connectivity index (χ0) is 18.7. The molecule has 0 radical (unpaired) electrons. The number of fused-ring (bicyclic) bond motifs is 1. The van der Waals surface area contributed by atoms with Crippen molar-refractivity contribution in [3.05, 3.63) is 44.5 Å². The highest BCUT2D eigenvalue weighted by atomic mass is 32.2. The summed E-state index contributed by atoms with van der Waals surface area (Å²) in [5.74, 6) is -0.0768. The maximum atomic E-state index is 12.2. The molecule has 10 heteroatoms. The van der Waals surface area contributed by atoms with Crippen LogP contribution in [0.2, 0.25) is 0 Å². The number of thioether (sulfide) groups is 1. The molecule has 0 bridgehead atoms. The fourth-order valence-corrected chi connectivity index (χ4v) is 3.59. The molecule has 1 amide bonds. The summed E-state index contributed by atoms with van der Waals surface area (Å²) in [6.45, 7) is 2.20. The number of esters is 1. The Morgan fingerprint density at radius 2 is 2.31 bits per heavy atom. The van der Waals surface area contributed by atoms with E-state index in [1.54, 1.807) is 6.92 Å². The molecule has 2 heterocycles. The maximum Gasteiger partial charge on any atom is 0.333 e. The smallest absolute Gasteiger partial charge is 0.333 e. The largest absolute Gasteiger partial charge is 0.467 e. The lowest BCUT2D eigenvalue weighted by molar-refractivity contribution is -0.385. The highest BCUT2D eigenvalue weighted by Gasteiger charge is 2.30. The maximum absolute atomic E-state index is 12.2. The van der Waals surface area contributed by atoms with Gasteiger partial charge in [-0.1, -0.05) is 11.8 Å². The van der Waals surface area contributed by atoms with E-state index in [0.717, 1.165) is 0 Å². The van der Waals surface area contributed by atoms with Gasteiger partial charge in [-0.15, -0.1) is 0 Å². The summed E-state index contributed by atoms with van der Waals surface area (Å²) >= 11 is 1.22. The van der Waals surface area contributed by atoms with Crippen LogP contribution in [0.3, 0.4) is 0 Å². The van der Waals surface area contributed by atoms with E-state index in [9.17, 15) is 19.7 Å². The van der Waals surface area contributed by atoms with E-state index in [1.165, 1.54) is 34.9 Å². The zero-order valence-electron chi connectivity index (χ0n) is 13.9. The third-order valence-corrected chi connectivity index (χ3v) is 4.77. The topological polar surface area (TPSA) is 108 Å². The van der Waals surface area contributed by atoms with Crippen molar-refractivity contribution in [3.8, 4) is 5.75 Å². The lowest BCUT2D eigenvalue weighted by atomic mass is 10.1. The number of carbonyl (C=O) groups is 2. The molecule has 2 aliphatic rings. The second-order valence-corrected chi connectivity index (χ2v) is 6.46. The summed E-state index contributed by atoms with van der Waals surface area (Å²) in [4.78, 5) is 36.0. The van der Waals surface area contributed by atoms with Crippen molar-refractivity contribution >= 4 is 29.3 Å². The quantitative estimate of drug-likeness (QED) is 0.330. The summed E-state index contributed by atoms with van der Waals surface area (Å²) in [5, 5.41) is 11.6. The molecular formula is C16H16N2O7S. The highest BCUT2D eigenvalue weighted by Crippen LogP contribution is 2.37. The monoisotopic (exact) mass is 380 g/mol. The standard InChI is InChI=1S/C16H16N2O7S/c1-2-24-15(20)5-14-17(13(19)8-26-14)6-10-3-12(18(21)22)4-11-7-23-9-25-16(10)11/h3-5H,2,6-9H2,1H3/b14-5+. The molecule has 138 valence electrons. The molecule has 2 aliphatic heterocycles. The fourth-order valence-electron chi connectivity index (χ4n) is 2.66. The second kappa shape index (κ2) is 7.75. The van der Waals surface area contributed by atoms with Crippen LogP contribution in [0.5, 0.6) is 5.75 Å². The van der Waals surface area contributed by atoms with Crippen LogP contribution in [-0.2, 0) is 32.2 Å². The van der Waals surface area contributed by atoms with Crippen LogP contribution in [0.15, 0.2) is 23.2 Å². The number of nitro groups is 1. The van der Waals surface area contributed by atoms with E-state index >= 15 is 0 Å². The minimum Gasteiger partial charge on any atom is -0.467 e. The lowest BCUT2D eigenvalue weighted by Crippen LogP contribution is -2.25. The zero-order valence-corrected chi connectivity index (χ0v) is 14.7. The van der Waals surface area contributed by atoms with Gasteiger partial charge < -0.3 is 19.1 Å². The molecule has 0 saturated carbocycles. The van der Waals surface area contributed by atoms with Gasteiger partial charge in [-0.3, -0.25) is 14.9 Å². The first-order valence-corrected chi connectivity index (χ1v) is 8.80. The third-order valence-electron chi connectivity index (χ3n) is 3.75. The first-order chi connectivity index (χ1) is 12.5. The van der Waals surface area contributed by atoms with Gasteiger partial charge in [-0.05, 0) is 6.92 Å². The van der Waals surface area contributed by atoms with Crippen LogP contribution in [0.4, 0.5) is 5.69 Å². The number of non-ortho nitro benzene ring substituents is 1. The minimum atomic E-state index is -0.541. The summed E-state index contributed by atoms with van der Waals surface area (Å²) in [6, 6.07) is 2.77. The number of ether oxygens (including phenoxy) is 3. The van der Waals surface area contributed by atoms with Crippen molar-refractivity contribution < 1.29 is 28.7 Å². The Morgan fingerprint density at radius 3 is 3.04 bits per heavy atom. The lowest BCUT2D eigenvalue weighted by Gasteiger charge is -2.23. The van der Waals surface area contributed by atoms with Gasteiger partial charge in [0, 0.05) is 23.3 Å². The molecule has 1 aromatic carbocycles. The van der Waals surface area contributed by atoms with Crippen LogP contribution < -0.4 is 4.74 Å². The third kappa shape index (κ3) is 3.81. The van der Waals surface area contributed by atoms with Crippen molar-refractivity contribution in [1.82, 2.24) is 4.90 Å². The van der Waals surface area contributed by atoms with Crippen LogP contribution in [0, 0.1) is 10.1 Å². The van der Waals surface area contributed by atoms with Crippen LogP contribution in [-0.4, -0.2) is 40.9 Å². The summed E-state index contributed by atoms with van der Waals surface area (Å²) in [6.07, 6.45) is 1.26. The summed E-state index contributed by atoms with van der Waals surface area (Å²) in [5.41, 5.74) is 0.932. The number of amides is 1. The predicted octanol–water partition coefficient (Wildman–Crippen LogP) is 1.94. The van der Waals surface area contributed by atoms with Gasteiger partial charge >= 0.3 is 5.97 Å². The van der Waals surface area contributed by atoms with Crippen LogP contribution in [0.1, 0.15) is 18.1 Å². The SMILES string of the molecule is CCOC(=O)/C=C1/SCC(=O)N1Cc1cc([N+](=O)[O-])cc2c1OCOC2. The van der Waals surface area contributed by atoms with Crippen molar-refractivity contribution in [2.24, 2.45) is 0 Å². The van der Waals surface area contributed by atoms with Crippen LogP contribution in [0.25, 0.3) is 0 Å². The Balaban J connectivity index is 1.93.